The van der Waals surface area contributed by atoms with E-state index in [9.17, 15) is 14.4 Å². The molecule has 6 nitrogen and oxygen atoms in total. The monoisotopic (exact) mass is 995 g/mol. The summed E-state index contributed by atoms with van der Waals surface area (Å²) in [6.45, 7) is 4.40. The fourth-order valence-electron chi connectivity index (χ4n) is 8.47. The van der Waals surface area contributed by atoms with Gasteiger partial charge in [-0.3, -0.25) is 14.4 Å². The molecule has 1 atom stereocenters. The fourth-order valence-corrected chi connectivity index (χ4v) is 8.83. The van der Waals surface area contributed by atoms with E-state index in [-0.39, 0.29) is 31.1 Å². The second kappa shape index (κ2) is 46.9. The highest BCUT2D eigenvalue weighted by molar-refractivity contribution is 14.1. The van der Waals surface area contributed by atoms with Crippen molar-refractivity contribution in [2.75, 3.05) is 13.2 Å². The van der Waals surface area contributed by atoms with E-state index in [4.69, 9.17) is 14.2 Å². The van der Waals surface area contributed by atoms with Crippen molar-refractivity contribution in [3.05, 3.63) is 33.4 Å². The van der Waals surface area contributed by atoms with Crippen molar-refractivity contribution in [3.8, 4) is 0 Å². The van der Waals surface area contributed by atoms with E-state index in [2.05, 4.69) is 60.7 Å². The van der Waals surface area contributed by atoms with E-state index in [1.165, 1.54) is 202 Å². The molecule has 0 saturated carbocycles. The number of rotatable bonds is 48. The van der Waals surface area contributed by atoms with Crippen molar-refractivity contribution >= 4 is 40.5 Å². The number of hydrogen-bond acceptors (Lipinski definition) is 6. The van der Waals surface area contributed by atoms with Crippen LogP contribution in [-0.4, -0.2) is 37.2 Å². The molecule has 0 heterocycles. The molecule has 1 aromatic rings. The summed E-state index contributed by atoms with van der Waals surface area (Å²) >= 11 is 2.36. The molecule has 0 radical (unpaired) electrons. The predicted molar refractivity (Wildman–Crippen MR) is 275 cm³/mol. The van der Waals surface area contributed by atoms with E-state index in [0.717, 1.165) is 57.8 Å². The number of halogens is 1. The normalized spacial score (nSPS) is 11.8. The minimum absolute atomic E-state index is 0.0668. The van der Waals surface area contributed by atoms with Crippen molar-refractivity contribution in [1.82, 2.24) is 0 Å². The van der Waals surface area contributed by atoms with Gasteiger partial charge in [0.1, 0.15) is 13.2 Å². The van der Waals surface area contributed by atoms with Gasteiger partial charge in [0.05, 0.1) is 0 Å². The Hall–Kier alpha value is -1.64. The Balaban J connectivity index is 2.22. The molecule has 0 aliphatic heterocycles. The van der Waals surface area contributed by atoms with Gasteiger partial charge in [0.15, 0.2) is 6.10 Å². The molecule has 0 aliphatic rings. The van der Waals surface area contributed by atoms with E-state index < -0.39 is 6.10 Å². The van der Waals surface area contributed by atoms with Crippen molar-refractivity contribution in [2.45, 2.75) is 290 Å². The maximum Gasteiger partial charge on any atom is 0.306 e. The Morgan fingerprint density at radius 2 is 0.651 bits per heavy atom. The summed E-state index contributed by atoms with van der Waals surface area (Å²) in [6, 6.07) is 8.92. The molecule has 1 aromatic carbocycles. The van der Waals surface area contributed by atoms with Crippen LogP contribution in [0.25, 0.3) is 0 Å². The Bertz CT molecular complexity index is 1160. The fraction of sp³-hybridized carbons (Fsp3) is 0.839. The van der Waals surface area contributed by atoms with Crippen molar-refractivity contribution in [3.63, 3.8) is 0 Å². The number of ether oxygens (including phenoxy) is 3. The van der Waals surface area contributed by atoms with Gasteiger partial charge in [-0.1, -0.05) is 244 Å². The molecule has 0 aromatic heterocycles. The molecular weight excluding hydrogens is 896 g/mol. The number of esters is 3. The van der Waals surface area contributed by atoms with Crippen LogP contribution in [0.2, 0.25) is 0 Å². The van der Waals surface area contributed by atoms with Gasteiger partial charge in [0.25, 0.3) is 0 Å². The number of benzene rings is 1. The smallest absolute Gasteiger partial charge is 0.306 e. The average molecular weight is 995 g/mol. The molecule has 0 spiro atoms. The van der Waals surface area contributed by atoms with Crippen molar-refractivity contribution in [1.29, 1.82) is 0 Å². The lowest BCUT2D eigenvalue weighted by atomic mass is 10.0. The molecule has 366 valence electrons. The molecule has 0 saturated heterocycles. The van der Waals surface area contributed by atoms with Gasteiger partial charge in [0.2, 0.25) is 0 Å². The van der Waals surface area contributed by atoms with E-state index in [0.29, 0.717) is 19.3 Å². The highest BCUT2D eigenvalue weighted by Crippen LogP contribution is 2.17. The topological polar surface area (TPSA) is 78.9 Å². The Morgan fingerprint density at radius 3 is 0.968 bits per heavy atom. The summed E-state index contributed by atoms with van der Waals surface area (Å²) in [5.74, 6) is -0.851. The van der Waals surface area contributed by atoms with Crippen LogP contribution in [0.5, 0.6) is 0 Å². The summed E-state index contributed by atoms with van der Waals surface area (Å²) < 4.78 is 18.2. The SMILES string of the molecule is CCCCCCCCCCCCCCCC(=O)OCC(COC(=O)CCCCCCCCCCCCCCc1ccc(I)cc1)OC(=O)CCCCCCCCCCCCCCC. The largest absolute Gasteiger partial charge is 0.462 e. The lowest BCUT2D eigenvalue weighted by Crippen LogP contribution is -2.30. The summed E-state index contributed by atoms with van der Waals surface area (Å²) in [5.41, 5.74) is 1.46. The number of aryl methyl sites for hydroxylation is 1. The van der Waals surface area contributed by atoms with Crippen LogP contribution in [0.15, 0.2) is 24.3 Å². The maximum absolute atomic E-state index is 12.8. The molecule has 1 unspecified atom stereocenters. The third kappa shape index (κ3) is 42.7. The minimum atomic E-state index is -0.766. The molecular formula is C56H99IO6. The first-order valence-corrected chi connectivity index (χ1v) is 28.3. The van der Waals surface area contributed by atoms with Gasteiger partial charge < -0.3 is 14.2 Å². The molecule has 0 amide bonds. The number of carbonyl (C=O) groups excluding carboxylic acids is 3. The number of carbonyl (C=O) groups is 3. The zero-order chi connectivity index (χ0) is 45.5. The highest BCUT2D eigenvalue weighted by Gasteiger charge is 2.19. The van der Waals surface area contributed by atoms with Crippen LogP contribution in [0, 0.1) is 3.57 Å². The Morgan fingerprint density at radius 1 is 0.381 bits per heavy atom. The number of hydrogen-bond donors (Lipinski definition) is 0. The van der Waals surface area contributed by atoms with Crippen molar-refractivity contribution < 1.29 is 28.6 Å². The quantitative estimate of drug-likeness (QED) is 0.0280. The summed E-state index contributed by atoms with van der Waals surface area (Å²) in [7, 11) is 0. The average Bonchev–Trinajstić information content (AvgIpc) is 3.28. The minimum Gasteiger partial charge on any atom is -0.462 e. The highest BCUT2D eigenvalue weighted by atomic mass is 127. The van der Waals surface area contributed by atoms with Crippen LogP contribution in [-0.2, 0) is 35.0 Å². The third-order valence-corrected chi connectivity index (χ3v) is 13.4. The number of unbranched alkanes of at least 4 members (excludes halogenated alkanes) is 35. The lowest BCUT2D eigenvalue weighted by Gasteiger charge is -2.18. The van der Waals surface area contributed by atoms with Gasteiger partial charge in [0, 0.05) is 22.8 Å². The first-order valence-electron chi connectivity index (χ1n) is 27.2. The first-order chi connectivity index (χ1) is 30.9. The van der Waals surface area contributed by atoms with E-state index >= 15 is 0 Å². The Labute approximate surface area is 403 Å². The van der Waals surface area contributed by atoms with Crippen LogP contribution in [0.3, 0.4) is 0 Å². The summed E-state index contributed by atoms with van der Waals surface area (Å²) in [5, 5.41) is 0. The first kappa shape index (κ1) is 59.4. The molecule has 0 N–H and O–H groups in total. The van der Waals surface area contributed by atoms with Gasteiger partial charge in [-0.05, 0) is 72.4 Å². The second-order valence-corrected chi connectivity index (χ2v) is 20.1. The molecule has 0 fully saturated rings. The molecule has 1 rings (SSSR count). The summed E-state index contributed by atoms with van der Waals surface area (Å²) in [6.07, 6.45) is 48.8. The van der Waals surface area contributed by atoms with Gasteiger partial charge in [-0.2, -0.15) is 0 Å². The molecule has 7 heteroatoms. The van der Waals surface area contributed by atoms with Crippen LogP contribution in [0.1, 0.15) is 283 Å². The standard InChI is InChI=1S/C56H99IO6/c1-3-5-7-9-11-13-15-17-22-26-30-34-38-42-54(58)61-49-53(63-56(60)44-40-36-32-28-24-18-16-14-12-10-8-6-4-2)50-62-55(59)43-39-35-31-27-23-20-19-21-25-29-33-37-41-51-45-47-52(57)48-46-51/h45-48,53H,3-44,49-50H2,1-2H3. The predicted octanol–water partition coefficient (Wildman–Crippen LogP) is 17.9. The van der Waals surface area contributed by atoms with Crippen LogP contribution < -0.4 is 0 Å². The maximum atomic E-state index is 12.8. The molecule has 0 aliphatic carbocycles. The van der Waals surface area contributed by atoms with Crippen molar-refractivity contribution in [2.24, 2.45) is 0 Å². The van der Waals surface area contributed by atoms with Crippen LogP contribution >= 0.6 is 22.6 Å². The van der Waals surface area contributed by atoms with Crippen LogP contribution in [0.4, 0.5) is 0 Å². The summed E-state index contributed by atoms with van der Waals surface area (Å²) in [4.78, 5) is 38.1. The Kier molecular flexibility index (Phi) is 44.2. The van der Waals surface area contributed by atoms with Gasteiger partial charge in [-0.15, -0.1) is 0 Å². The van der Waals surface area contributed by atoms with Gasteiger partial charge >= 0.3 is 17.9 Å². The van der Waals surface area contributed by atoms with E-state index in [1.54, 1.807) is 0 Å². The van der Waals surface area contributed by atoms with E-state index in [1.807, 2.05) is 0 Å². The lowest BCUT2D eigenvalue weighted by molar-refractivity contribution is -0.167. The second-order valence-electron chi connectivity index (χ2n) is 18.8. The molecule has 0 bridgehead atoms. The van der Waals surface area contributed by atoms with Gasteiger partial charge in [-0.25, -0.2) is 0 Å². The molecule has 63 heavy (non-hydrogen) atoms. The zero-order valence-corrected chi connectivity index (χ0v) is 43.5. The third-order valence-electron chi connectivity index (χ3n) is 12.6. The zero-order valence-electron chi connectivity index (χ0n) is 41.3.